The summed E-state index contributed by atoms with van der Waals surface area (Å²) in [6.07, 6.45) is -23.2. The minimum Gasteiger partial charge on any atom is -0.445 e. The molecule has 6 amide bonds. The van der Waals surface area contributed by atoms with E-state index in [9.17, 15) is 81.5 Å². The fourth-order valence-corrected chi connectivity index (χ4v) is 12.0. The highest BCUT2D eigenvalue weighted by atomic mass is 19.4. The van der Waals surface area contributed by atoms with Crippen LogP contribution in [0.2, 0.25) is 0 Å². The van der Waals surface area contributed by atoms with E-state index in [0.29, 0.717) is 46.5 Å². The molecule has 22 nitrogen and oxygen atoms in total. The minimum atomic E-state index is -5.07. The maximum atomic E-state index is 14.2. The Balaban J connectivity index is 0.000000275. The average Bonchev–Trinajstić information content (AvgIpc) is 0.914. The van der Waals surface area contributed by atoms with E-state index in [1.165, 1.54) is 37.7 Å². The quantitative estimate of drug-likeness (QED) is 0.00991. The number of hydrazine groups is 1. The molecule has 548 valence electrons. The SMILES string of the molecule is CNC(=O)C1(NC(=O)NN)CC[C@@](CO[C@H](C)c2cc(C(F)(F)F)cc(C(F)(F)F)c2)(c2ccccc2)N(C(=O)OCc2ccccc2)C1.CNC(=O)C1(n2cn[nH]c2=O)CC[C@@](CO[C@H](C)c2cc(C(F)(F)F)cc(C(F)(F)F)c2)(c2ccccc2)N(C(=O)OCc2ccccc2)C1.N=CN. The number of urea groups is 1. The molecule has 1 aromatic heterocycles. The van der Waals surface area contributed by atoms with E-state index >= 15 is 0 Å². The van der Waals surface area contributed by atoms with Gasteiger partial charge in [-0.2, -0.15) is 57.8 Å². The number of alkyl halides is 12. The smallest absolute Gasteiger partial charge is 0.416 e. The van der Waals surface area contributed by atoms with Crippen LogP contribution in [0.3, 0.4) is 0 Å². The molecule has 2 saturated heterocycles. The fourth-order valence-electron chi connectivity index (χ4n) is 12.0. The van der Waals surface area contributed by atoms with Gasteiger partial charge >= 0.3 is 48.6 Å². The number of nitrogens with one attached hydrogen (secondary N) is 6. The first-order valence-corrected chi connectivity index (χ1v) is 31.0. The summed E-state index contributed by atoms with van der Waals surface area (Å²) in [5, 5.41) is 19.4. The van der Waals surface area contributed by atoms with E-state index in [0.717, 1.165) is 17.2 Å². The number of likely N-dealkylation sites (tertiary alicyclic amines) is 2. The first kappa shape index (κ1) is 78.9. The molecule has 0 aliphatic carbocycles. The van der Waals surface area contributed by atoms with Gasteiger partial charge in [-0.3, -0.25) is 34.8 Å². The number of benzene rings is 6. The Morgan fingerprint density at radius 1 is 0.569 bits per heavy atom. The maximum Gasteiger partial charge on any atom is 0.416 e. The van der Waals surface area contributed by atoms with Gasteiger partial charge in [-0.05, 0) is 109 Å². The van der Waals surface area contributed by atoms with Crippen molar-refractivity contribution in [1.29, 1.82) is 5.41 Å². The first-order valence-electron chi connectivity index (χ1n) is 31.0. The molecular weight excluding hydrogens is 1370 g/mol. The molecule has 2 aliphatic rings. The van der Waals surface area contributed by atoms with Crippen molar-refractivity contribution in [2.45, 2.75) is 112 Å². The lowest BCUT2D eigenvalue weighted by molar-refractivity contribution is -0.145. The van der Waals surface area contributed by atoms with E-state index in [-0.39, 0.29) is 51.0 Å². The van der Waals surface area contributed by atoms with Crippen LogP contribution in [-0.4, -0.2) is 107 Å². The zero-order valence-electron chi connectivity index (χ0n) is 55.0. The lowest BCUT2D eigenvalue weighted by Gasteiger charge is -2.52. The molecule has 34 heteroatoms. The number of H-pyrrole nitrogens is 1. The summed E-state index contributed by atoms with van der Waals surface area (Å²) in [5.74, 6) is 4.00. The molecule has 0 bridgehead atoms. The first-order chi connectivity index (χ1) is 48.1. The molecule has 102 heavy (non-hydrogen) atoms. The summed E-state index contributed by atoms with van der Waals surface area (Å²) in [4.78, 5) is 82.9. The summed E-state index contributed by atoms with van der Waals surface area (Å²) in [7, 11) is 2.69. The van der Waals surface area contributed by atoms with Crippen LogP contribution in [0.1, 0.15) is 107 Å². The molecule has 10 N–H and O–H groups in total. The lowest BCUT2D eigenvalue weighted by atomic mass is 9.74. The number of ether oxygens (including phenoxy) is 4. The van der Waals surface area contributed by atoms with E-state index in [1.807, 2.05) is 5.43 Å². The molecule has 7 aromatic rings. The van der Waals surface area contributed by atoms with E-state index in [4.69, 9.17) is 30.2 Å². The normalized spacial score (nSPS) is 19.8. The van der Waals surface area contributed by atoms with Gasteiger partial charge in [0.25, 0.3) is 0 Å². The highest BCUT2D eigenvalue weighted by Crippen LogP contribution is 2.48. The molecule has 2 unspecified atom stereocenters. The zero-order valence-corrected chi connectivity index (χ0v) is 55.0. The van der Waals surface area contributed by atoms with Gasteiger partial charge in [0, 0.05) is 14.1 Å². The van der Waals surface area contributed by atoms with Crippen LogP contribution >= 0.6 is 0 Å². The van der Waals surface area contributed by atoms with E-state index in [1.54, 1.807) is 121 Å². The summed E-state index contributed by atoms with van der Waals surface area (Å²) in [5.41, 5.74) is -5.44. The number of piperidine rings is 2. The summed E-state index contributed by atoms with van der Waals surface area (Å²) < 4.78 is 189. The van der Waals surface area contributed by atoms with Crippen molar-refractivity contribution in [3.8, 4) is 0 Å². The Morgan fingerprint density at radius 2 is 0.931 bits per heavy atom. The average molecular weight is 1450 g/mol. The van der Waals surface area contributed by atoms with Crippen molar-refractivity contribution in [3.05, 3.63) is 230 Å². The van der Waals surface area contributed by atoms with Gasteiger partial charge < -0.3 is 40.6 Å². The van der Waals surface area contributed by atoms with Crippen molar-refractivity contribution in [2.24, 2.45) is 11.6 Å². The third kappa shape index (κ3) is 18.5. The largest absolute Gasteiger partial charge is 0.445 e. The van der Waals surface area contributed by atoms with Crippen LogP contribution in [0, 0.1) is 5.41 Å². The molecule has 3 heterocycles. The molecule has 2 fully saturated rings. The number of aromatic amines is 1. The Kier molecular flexibility index (Phi) is 25.4. The molecule has 6 atom stereocenters. The number of nitrogens with zero attached hydrogens (tertiary/aromatic N) is 4. The number of carbonyl (C=O) groups excluding carboxylic acids is 5. The Morgan fingerprint density at radius 3 is 1.27 bits per heavy atom. The summed E-state index contributed by atoms with van der Waals surface area (Å²) >= 11 is 0. The number of carbonyl (C=O) groups is 5. The molecule has 0 radical (unpaired) electrons. The monoisotopic (exact) mass is 1440 g/mol. The third-order valence-electron chi connectivity index (χ3n) is 17.4. The molecule has 0 saturated carbocycles. The minimum absolute atomic E-state index is 0.0240. The van der Waals surface area contributed by atoms with Gasteiger partial charge in [0.05, 0.1) is 78.2 Å². The maximum absolute atomic E-state index is 14.2. The van der Waals surface area contributed by atoms with Crippen molar-refractivity contribution >= 4 is 36.4 Å². The van der Waals surface area contributed by atoms with Crippen LogP contribution in [-0.2, 0) is 83.1 Å². The molecule has 6 aromatic carbocycles. The van der Waals surface area contributed by atoms with Crippen molar-refractivity contribution < 1.29 is 95.6 Å². The topological polar surface area (TPSA) is 303 Å². The Hall–Kier alpha value is -10.5. The number of rotatable bonds is 18. The number of amides is 6. The van der Waals surface area contributed by atoms with Gasteiger partial charge in [-0.1, -0.05) is 121 Å². The number of hydrogen-bond donors (Lipinski definition) is 8. The van der Waals surface area contributed by atoms with Crippen LogP contribution < -0.4 is 38.6 Å². The van der Waals surface area contributed by atoms with Gasteiger partial charge in [-0.25, -0.2) is 30.1 Å². The van der Waals surface area contributed by atoms with Crippen molar-refractivity contribution in [2.75, 3.05) is 40.4 Å². The molecule has 2 aliphatic heterocycles. The number of likely N-dealkylation sites (N-methyl/N-ethyl adjacent to an activating group) is 2. The summed E-state index contributed by atoms with van der Waals surface area (Å²) in [6.45, 7) is 0.389. The van der Waals surface area contributed by atoms with Gasteiger partial charge in [0.15, 0.2) is 0 Å². The van der Waals surface area contributed by atoms with Crippen LogP contribution in [0.15, 0.2) is 169 Å². The zero-order chi connectivity index (χ0) is 75.1. The standard InChI is InChI=1S/C34H33F6N5O5.C33H35F6N5O5.CH4N2/c1-22(24-15-26(33(35,36)37)17-27(16-24)34(38,39)40)50-20-32(25-11-7-4-8-12-25)14-13-31(28(46)41-2,45-21-42-43-29(45)47)19-44(32)30(48)49-18-23-9-5-3-6-10-23;1-21(23-15-25(32(34,35)36)17-26(16-23)33(37,38)39)49-20-31(24-11-7-4-8-12-24)14-13-30(27(45)41-2,42-28(46)43-40)19-44(31)29(47)48-18-22-9-5-3-6-10-22;2-1-3/h3-12,15-17,21-22H,13-14,18-20H2,1-2H3,(H,41,46)(H,43,47);3-12,15-17,21H,13-14,18-20,40H2,1-2H3,(H,41,45)(H2,42,43,46);1H,(H3,2,3)/t22-,31?,32-;21-,30?,31-;/m11./s1. The lowest BCUT2D eigenvalue weighted by Crippen LogP contribution is -2.72. The third-order valence-corrected chi connectivity index (χ3v) is 17.4. The van der Waals surface area contributed by atoms with Crippen LogP contribution in [0.4, 0.5) is 67.1 Å². The predicted molar refractivity (Wildman–Crippen MR) is 344 cm³/mol. The van der Waals surface area contributed by atoms with Crippen molar-refractivity contribution in [3.63, 3.8) is 0 Å². The van der Waals surface area contributed by atoms with Crippen LogP contribution in [0.25, 0.3) is 0 Å². The molecule has 0 spiro atoms. The van der Waals surface area contributed by atoms with Crippen LogP contribution in [0.5, 0.6) is 0 Å². The van der Waals surface area contributed by atoms with E-state index < -0.39 is 154 Å². The summed E-state index contributed by atoms with van der Waals surface area (Å²) in [6, 6.07) is 35.6. The number of hydrogen-bond acceptors (Lipinski definition) is 13. The Labute approximate surface area is 575 Å². The Bertz CT molecular complexity index is 4000. The van der Waals surface area contributed by atoms with Gasteiger partial charge in [0.2, 0.25) is 11.8 Å². The van der Waals surface area contributed by atoms with Gasteiger partial charge in [-0.15, -0.1) is 0 Å². The highest BCUT2D eigenvalue weighted by molar-refractivity contribution is 5.92. The van der Waals surface area contributed by atoms with Crippen molar-refractivity contribution in [1.82, 2.24) is 45.9 Å². The second kappa shape index (κ2) is 32.9. The molecule has 9 rings (SSSR count). The second-order valence-electron chi connectivity index (χ2n) is 23.7. The number of aromatic nitrogens is 3. The highest BCUT2D eigenvalue weighted by Gasteiger charge is 2.58. The predicted octanol–water partition coefficient (Wildman–Crippen LogP) is 11.5. The van der Waals surface area contributed by atoms with E-state index in [2.05, 4.69) is 31.9 Å². The van der Waals surface area contributed by atoms with Gasteiger partial charge in [0.1, 0.15) is 30.6 Å². The second-order valence-corrected chi connectivity index (χ2v) is 23.7. The molecular formula is C68H72F12N12O10. The number of nitrogens with two attached hydrogens (primary N) is 2. The fraction of sp³-hybridized carbons (Fsp3) is 0.353. The number of halogens is 12.